The van der Waals surface area contributed by atoms with E-state index >= 15 is 0 Å². The van der Waals surface area contributed by atoms with Gasteiger partial charge in [0, 0.05) is 36.8 Å². The minimum Gasteiger partial charge on any atom is -0.331 e. The Morgan fingerprint density at radius 3 is 2.92 bits per heavy atom. The van der Waals surface area contributed by atoms with E-state index in [9.17, 15) is 9.18 Å². The number of likely N-dealkylation sites (tertiary alicyclic amines) is 1. The van der Waals surface area contributed by atoms with Gasteiger partial charge in [0.15, 0.2) is 0 Å². The number of hydrogen-bond acceptors (Lipinski definition) is 3. The first-order chi connectivity index (χ1) is 12.0. The third-order valence-electron chi connectivity index (χ3n) is 4.82. The van der Waals surface area contributed by atoms with Gasteiger partial charge in [0.1, 0.15) is 5.82 Å². The monoisotopic (exact) mass is 338 g/mol. The summed E-state index contributed by atoms with van der Waals surface area (Å²) < 4.78 is 15.1. The minimum absolute atomic E-state index is 0.0254. The normalized spacial score (nSPS) is 17.4. The van der Waals surface area contributed by atoms with Crippen LogP contribution in [0.4, 0.5) is 4.39 Å². The van der Waals surface area contributed by atoms with E-state index in [0.29, 0.717) is 16.8 Å². The predicted octanol–water partition coefficient (Wildman–Crippen LogP) is 3.39. The van der Waals surface area contributed by atoms with Crippen LogP contribution in [0.3, 0.4) is 0 Å². The van der Waals surface area contributed by atoms with Gasteiger partial charge in [0.05, 0.1) is 29.0 Å². The number of aryl methyl sites for hydroxylation is 2. The molecular weight excluding hydrogens is 319 g/mol. The first-order valence-corrected chi connectivity index (χ1v) is 8.39. The summed E-state index contributed by atoms with van der Waals surface area (Å²) in [6.07, 6.45) is 5.69. The van der Waals surface area contributed by atoms with Crippen molar-refractivity contribution < 1.29 is 9.18 Å². The van der Waals surface area contributed by atoms with E-state index in [0.717, 1.165) is 30.3 Å². The maximum atomic E-state index is 13.4. The summed E-state index contributed by atoms with van der Waals surface area (Å²) in [5, 5.41) is 5.00. The molecule has 25 heavy (non-hydrogen) atoms. The van der Waals surface area contributed by atoms with Crippen LogP contribution in [0.5, 0.6) is 0 Å². The molecule has 0 bridgehead atoms. The molecule has 1 aliphatic heterocycles. The summed E-state index contributed by atoms with van der Waals surface area (Å²) in [4.78, 5) is 19.5. The van der Waals surface area contributed by atoms with Crippen LogP contribution in [0, 0.1) is 12.7 Å². The summed E-state index contributed by atoms with van der Waals surface area (Å²) in [6, 6.07) is 6.31. The quantitative estimate of drug-likeness (QED) is 0.720. The highest BCUT2D eigenvalue weighted by Crippen LogP contribution is 2.33. The molecule has 4 rings (SSSR count). The van der Waals surface area contributed by atoms with Gasteiger partial charge in [-0.25, -0.2) is 4.39 Å². The summed E-state index contributed by atoms with van der Waals surface area (Å²) >= 11 is 0. The van der Waals surface area contributed by atoms with Crippen molar-refractivity contribution in [3.8, 4) is 0 Å². The number of rotatable bonds is 2. The Balaban J connectivity index is 1.71. The molecule has 5 nitrogen and oxygen atoms in total. The Kier molecular flexibility index (Phi) is 3.75. The zero-order valence-electron chi connectivity index (χ0n) is 14.2. The van der Waals surface area contributed by atoms with E-state index in [4.69, 9.17) is 0 Å². The van der Waals surface area contributed by atoms with Crippen LogP contribution in [0.25, 0.3) is 10.9 Å². The fraction of sp³-hybridized carbons (Fsp3) is 0.316. The molecular formula is C19H19FN4O. The molecule has 0 spiro atoms. The molecule has 2 aromatic heterocycles. The number of pyridine rings is 1. The molecule has 1 saturated heterocycles. The van der Waals surface area contributed by atoms with Crippen LogP contribution in [0.15, 0.2) is 36.7 Å². The summed E-state index contributed by atoms with van der Waals surface area (Å²) in [5.74, 6) is -0.350. The second-order valence-corrected chi connectivity index (χ2v) is 6.56. The van der Waals surface area contributed by atoms with Gasteiger partial charge in [-0.1, -0.05) is 0 Å². The van der Waals surface area contributed by atoms with Crippen molar-refractivity contribution in [1.82, 2.24) is 19.7 Å². The molecule has 1 amide bonds. The molecule has 0 radical (unpaired) electrons. The number of hydrogen-bond donors (Lipinski definition) is 0. The second-order valence-electron chi connectivity index (χ2n) is 6.56. The zero-order valence-corrected chi connectivity index (χ0v) is 14.2. The molecule has 1 unspecified atom stereocenters. The number of carbonyl (C=O) groups excluding carboxylic acids is 1. The first kappa shape index (κ1) is 15.7. The van der Waals surface area contributed by atoms with Gasteiger partial charge in [-0.15, -0.1) is 0 Å². The van der Waals surface area contributed by atoms with E-state index in [2.05, 4.69) is 10.1 Å². The number of nitrogens with zero attached hydrogens (tertiary/aromatic N) is 4. The third kappa shape index (κ3) is 2.77. The van der Waals surface area contributed by atoms with Crippen molar-refractivity contribution in [2.24, 2.45) is 7.05 Å². The van der Waals surface area contributed by atoms with Crippen molar-refractivity contribution in [2.75, 3.05) is 6.54 Å². The van der Waals surface area contributed by atoms with E-state index in [1.54, 1.807) is 17.7 Å². The lowest BCUT2D eigenvalue weighted by Gasteiger charge is -2.24. The lowest BCUT2D eigenvalue weighted by molar-refractivity contribution is 0.0734. The molecule has 3 heterocycles. The number of fused-ring (bicyclic) bond motifs is 1. The molecule has 1 aliphatic rings. The lowest BCUT2D eigenvalue weighted by atomic mass is 10.1. The Hall–Kier alpha value is -2.76. The molecule has 0 N–H and O–H groups in total. The molecule has 128 valence electrons. The van der Waals surface area contributed by atoms with Crippen LogP contribution >= 0.6 is 0 Å². The Morgan fingerprint density at radius 1 is 1.32 bits per heavy atom. The van der Waals surface area contributed by atoms with Gasteiger partial charge in [-0.3, -0.25) is 14.5 Å². The Bertz CT molecular complexity index is 965. The highest BCUT2D eigenvalue weighted by atomic mass is 19.1. The average Bonchev–Trinajstić information content (AvgIpc) is 3.22. The van der Waals surface area contributed by atoms with Gasteiger partial charge in [0.2, 0.25) is 0 Å². The predicted molar refractivity (Wildman–Crippen MR) is 92.7 cm³/mol. The van der Waals surface area contributed by atoms with Crippen LogP contribution < -0.4 is 0 Å². The van der Waals surface area contributed by atoms with Crippen LogP contribution in [-0.4, -0.2) is 32.1 Å². The molecule has 6 heteroatoms. The summed E-state index contributed by atoms with van der Waals surface area (Å²) in [7, 11) is 1.88. The fourth-order valence-electron chi connectivity index (χ4n) is 3.58. The third-order valence-corrected chi connectivity index (χ3v) is 4.82. The highest BCUT2D eigenvalue weighted by molar-refractivity contribution is 5.99. The first-order valence-electron chi connectivity index (χ1n) is 8.39. The van der Waals surface area contributed by atoms with E-state index in [1.165, 1.54) is 12.1 Å². The van der Waals surface area contributed by atoms with E-state index in [-0.39, 0.29) is 17.8 Å². The van der Waals surface area contributed by atoms with E-state index in [1.807, 2.05) is 30.4 Å². The maximum Gasteiger partial charge on any atom is 0.256 e. The van der Waals surface area contributed by atoms with Crippen molar-refractivity contribution in [3.63, 3.8) is 0 Å². The van der Waals surface area contributed by atoms with Crippen molar-refractivity contribution in [3.05, 3.63) is 59.3 Å². The van der Waals surface area contributed by atoms with Gasteiger partial charge in [-0.05, 0) is 38.0 Å². The molecule has 1 atom stereocenters. The van der Waals surface area contributed by atoms with Crippen LogP contribution in [-0.2, 0) is 7.05 Å². The standard InChI is InChI=1S/C19H19FN4O/c1-12-16(8-13-5-6-15(20)9-17(13)22-12)19(25)24-7-3-4-18(24)14-10-21-23(2)11-14/h5-6,8-11,18H,3-4,7H2,1-2H3. The molecule has 3 aromatic rings. The molecule has 0 saturated carbocycles. The molecule has 0 aliphatic carbocycles. The minimum atomic E-state index is -0.324. The highest BCUT2D eigenvalue weighted by Gasteiger charge is 2.32. The Labute approximate surface area is 145 Å². The summed E-state index contributed by atoms with van der Waals surface area (Å²) in [6.45, 7) is 2.52. The smallest absolute Gasteiger partial charge is 0.256 e. The number of carbonyl (C=O) groups is 1. The van der Waals surface area contributed by atoms with Gasteiger partial charge in [0.25, 0.3) is 5.91 Å². The summed E-state index contributed by atoms with van der Waals surface area (Å²) in [5.41, 5.74) is 2.83. The van der Waals surface area contributed by atoms with Crippen molar-refractivity contribution in [1.29, 1.82) is 0 Å². The number of aromatic nitrogens is 3. The van der Waals surface area contributed by atoms with Gasteiger partial charge >= 0.3 is 0 Å². The van der Waals surface area contributed by atoms with Crippen molar-refractivity contribution >= 4 is 16.8 Å². The van der Waals surface area contributed by atoms with Crippen molar-refractivity contribution in [2.45, 2.75) is 25.8 Å². The second kappa shape index (κ2) is 5.95. The Morgan fingerprint density at radius 2 is 2.16 bits per heavy atom. The molecule has 1 fully saturated rings. The average molecular weight is 338 g/mol. The molecule has 1 aromatic carbocycles. The SMILES string of the molecule is Cc1nc2cc(F)ccc2cc1C(=O)N1CCCC1c1cnn(C)c1. The lowest BCUT2D eigenvalue weighted by Crippen LogP contribution is -2.31. The number of benzene rings is 1. The number of amides is 1. The van der Waals surface area contributed by atoms with Crippen LogP contribution in [0.2, 0.25) is 0 Å². The van der Waals surface area contributed by atoms with E-state index < -0.39 is 0 Å². The van der Waals surface area contributed by atoms with Gasteiger partial charge < -0.3 is 4.90 Å². The van der Waals surface area contributed by atoms with Crippen LogP contribution in [0.1, 0.15) is 40.5 Å². The maximum absolute atomic E-state index is 13.4. The topological polar surface area (TPSA) is 51.0 Å². The zero-order chi connectivity index (χ0) is 17.6. The number of halogens is 1. The van der Waals surface area contributed by atoms with Gasteiger partial charge in [-0.2, -0.15) is 5.10 Å². The largest absolute Gasteiger partial charge is 0.331 e. The fourth-order valence-corrected chi connectivity index (χ4v) is 3.58.